The Kier molecular flexibility index (Phi) is 2.57. The molecule has 4 fully saturated rings. The van der Waals surface area contributed by atoms with Crippen molar-refractivity contribution >= 4 is 5.96 Å². The predicted molar refractivity (Wildman–Crippen MR) is 65.7 cm³/mol. The van der Waals surface area contributed by atoms with Gasteiger partial charge >= 0.3 is 5.97 Å². The number of nitrogens with two attached hydrogens (primary N) is 1. The Labute approximate surface area is 123 Å². The molecule has 124 valence electrons. The van der Waals surface area contributed by atoms with Crippen molar-refractivity contribution in [2.45, 2.75) is 47.8 Å². The van der Waals surface area contributed by atoms with Gasteiger partial charge in [-0.15, -0.1) is 0 Å². The highest BCUT2D eigenvalue weighted by atomic mass is 16.9. The first-order valence-electron chi connectivity index (χ1n) is 6.77. The second-order valence-corrected chi connectivity index (χ2v) is 6.22. The molecular weight excluding hydrogens is 302 g/mol. The number of guanidine groups is 1. The van der Waals surface area contributed by atoms with Crippen LogP contribution in [0.15, 0.2) is 4.99 Å². The van der Waals surface area contributed by atoms with Crippen LogP contribution in [0.4, 0.5) is 0 Å². The van der Waals surface area contributed by atoms with Crippen molar-refractivity contribution in [1.82, 2.24) is 5.32 Å². The van der Waals surface area contributed by atoms with Crippen molar-refractivity contribution in [3.8, 4) is 0 Å². The van der Waals surface area contributed by atoms with Crippen LogP contribution in [-0.4, -0.2) is 91.0 Å². The summed E-state index contributed by atoms with van der Waals surface area (Å²) < 4.78 is 10.3. The van der Waals surface area contributed by atoms with E-state index in [4.69, 9.17) is 15.2 Å². The molecule has 0 aromatic rings. The van der Waals surface area contributed by atoms with Gasteiger partial charge in [-0.3, -0.25) is 0 Å². The summed E-state index contributed by atoms with van der Waals surface area (Å²) in [5, 5.41) is 64.3. The first-order valence-corrected chi connectivity index (χ1v) is 6.77. The highest BCUT2D eigenvalue weighted by Crippen LogP contribution is 2.58. The van der Waals surface area contributed by atoms with Crippen LogP contribution < -0.4 is 11.1 Å². The summed E-state index contributed by atoms with van der Waals surface area (Å²) in [4.78, 5) is 3.70. The average Bonchev–Trinajstić information content (AvgIpc) is 2.45. The zero-order chi connectivity index (χ0) is 16.1. The molecule has 4 aliphatic heterocycles. The summed E-state index contributed by atoms with van der Waals surface area (Å²) in [5.74, 6) is -3.95. The topological polar surface area (TPSA) is 190 Å². The highest BCUT2D eigenvalue weighted by molar-refractivity contribution is 5.80. The molecule has 5 rings (SSSR count). The molecule has 1 aliphatic carbocycles. The normalized spacial score (nSPS) is 62.4. The summed E-state index contributed by atoms with van der Waals surface area (Å²) in [5.41, 5.74) is 1.74. The third-order valence-electron chi connectivity index (χ3n) is 5.22. The van der Waals surface area contributed by atoms with Gasteiger partial charge in [-0.2, -0.15) is 0 Å². The Morgan fingerprint density at radius 3 is 2.45 bits per heavy atom. The molecule has 0 aromatic heterocycles. The maximum Gasteiger partial charge on any atom is 0.311 e. The standard InChI is InChI=1S/C11H17N3O8/c12-8-13-6(17)2-4-9(19,1-15)5-3(16)10(2,14-8)7(18)11(20,21-4)22-5/h2-7,15-20H,1H2,(H3,12,13,14)/t2?,3?,4?,5-,6?,7+,9?,10?,11?/m1/s1. The SMILES string of the molecule is NC1=NC(O)C2C3OC4(O)O[C@H](C(O)C2(N1)[C@@H]4O)C3(O)CO. The lowest BCUT2D eigenvalue weighted by atomic mass is 9.55. The summed E-state index contributed by atoms with van der Waals surface area (Å²) in [6.45, 7) is -0.857. The monoisotopic (exact) mass is 319 g/mol. The number of rotatable bonds is 1. The van der Waals surface area contributed by atoms with Gasteiger partial charge in [0.2, 0.25) is 0 Å². The predicted octanol–water partition coefficient (Wildman–Crippen LogP) is -5.52. The minimum Gasteiger partial charge on any atom is -0.393 e. The van der Waals surface area contributed by atoms with Crippen molar-refractivity contribution in [2.24, 2.45) is 16.6 Å². The quantitative estimate of drug-likeness (QED) is 0.231. The van der Waals surface area contributed by atoms with Crippen LogP contribution in [0.1, 0.15) is 0 Å². The molecule has 5 aliphatic rings. The number of aliphatic hydroxyl groups is 6. The average molecular weight is 319 g/mol. The van der Waals surface area contributed by atoms with Crippen molar-refractivity contribution in [3.05, 3.63) is 0 Å². The van der Waals surface area contributed by atoms with Gasteiger partial charge in [0.05, 0.1) is 12.5 Å². The minimum atomic E-state index is -2.52. The van der Waals surface area contributed by atoms with Crippen LogP contribution in [0.5, 0.6) is 0 Å². The van der Waals surface area contributed by atoms with E-state index in [2.05, 4.69) is 10.3 Å². The Morgan fingerprint density at radius 2 is 1.82 bits per heavy atom. The summed E-state index contributed by atoms with van der Waals surface area (Å²) in [6, 6.07) is 0. The molecule has 22 heavy (non-hydrogen) atoms. The number of nitrogens with zero attached hydrogens (tertiary/aromatic N) is 1. The van der Waals surface area contributed by atoms with Gasteiger partial charge < -0.3 is 51.2 Å². The van der Waals surface area contributed by atoms with E-state index >= 15 is 0 Å². The van der Waals surface area contributed by atoms with Crippen molar-refractivity contribution in [1.29, 1.82) is 0 Å². The zero-order valence-electron chi connectivity index (χ0n) is 11.2. The van der Waals surface area contributed by atoms with E-state index in [-0.39, 0.29) is 5.96 Å². The van der Waals surface area contributed by atoms with Crippen LogP contribution in [0, 0.1) is 5.92 Å². The molecule has 11 heteroatoms. The smallest absolute Gasteiger partial charge is 0.311 e. The Balaban J connectivity index is 1.95. The Bertz CT molecular complexity index is 561. The number of nitrogens with one attached hydrogen (secondary N) is 1. The van der Waals surface area contributed by atoms with Crippen LogP contribution in [0.3, 0.4) is 0 Å². The van der Waals surface area contributed by atoms with E-state index in [9.17, 15) is 30.6 Å². The van der Waals surface area contributed by atoms with Crippen LogP contribution >= 0.6 is 0 Å². The molecule has 1 saturated carbocycles. The second kappa shape index (κ2) is 3.88. The third kappa shape index (κ3) is 1.28. The lowest BCUT2D eigenvalue weighted by Crippen LogP contribution is -2.95. The molecule has 9 N–H and O–H groups in total. The number of hydrogen-bond acceptors (Lipinski definition) is 11. The minimum absolute atomic E-state index is 0.250. The summed E-state index contributed by atoms with van der Waals surface area (Å²) in [7, 11) is 0. The Morgan fingerprint density at radius 1 is 1.18 bits per heavy atom. The van der Waals surface area contributed by atoms with E-state index in [1.807, 2.05) is 0 Å². The van der Waals surface area contributed by atoms with Gasteiger partial charge in [0.1, 0.15) is 29.5 Å². The first kappa shape index (κ1) is 14.5. The maximum atomic E-state index is 10.6. The number of ether oxygens (including phenoxy) is 2. The fourth-order valence-corrected chi connectivity index (χ4v) is 4.24. The van der Waals surface area contributed by atoms with Crippen molar-refractivity contribution < 1.29 is 40.1 Å². The molecule has 4 bridgehead atoms. The zero-order valence-corrected chi connectivity index (χ0v) is 11.2. The van der Waals surface area contributed by atoms with Gasteiger partial charge in [-0.05, 0) is 0 Å². The van der Waals surface area contributed by atoms with Gasteiger partial charge in [-0.1, -0.05) is 0 Å². The van der Waals surface area contributed by atoms with E-state index in [1.165, 1.54) is 0 Å². The number of aliphatic hydroxyl groups excluding tert-OH is 4. The molecular formula is C11H17N3O8. The van der Waals surface area contributed by atoms with E-state index < -0.39 is 60.3 Å². The fraction of sp³-hybridized carbons (Fsp3) is 0.909. The lowest BCUT2D eigenvalue weighted by Gasteiger charge is -2.71. The molecule has 4 heterocycles. The van der Waals surface area contributed by atoms with E-state index in [0.29, 0.717) is 0 Å². The fourth-order valence-electron chi connectivity index (χ4n) is 4.24. The molecule has 9 atom stereocenters. The van der Waals surface area contributed by atoms with Gasteiger partial charge in [-0.25, -0.2) is 4.99 Å². The molecule has 1 spiro atoms. The van der Waals surface area contributed by atoms with E-state index in [0.717, 1.165) is 0 Å². The van der Waals surface area contributed by atoms with Gasteiger partial charge in [0, 0.05) is 0 Å². The van der Waals surface area contributed by atoms with Gasteiger partial charge in [0.15, 0.2) is 18.3 Å². The number of hydrogen-bond donors (Lipinski definition) is 8. The van der Waals surface area contributed by atoms with Crippen LogP contribution in [-0.2, 0) is 9.47 Å². The third-order valence-corrected chi connectivity index (χ3v) is 5.22. The lowest BCUT2D eigenvalue weighted by molar-refractivity contribution is -0.548. The largest absolute Gasteiger partial charge is 0.393 e. The first-order chi connectivity index (χ1) is 10.2. The molecule has 0 radical (unpaired) electrons. The molecule has 0 aromatic carbocycles. The van der Waals surface area contributed by atoms with Gasteiger partial charge in [0.25, 0.3) is 0 Å². The summed E-state index contributed by atoms with van der Waals surface area (Å²) >= 11 is 0. The van der Waals surface area contributed by atoms with Crippen LogP contribution in [0.2, 0.25) is 0 Å². The Hall–Kier alpha value is -1.05. The molecule has 0 amide bonds. The summed E-state index contributed by atoms with van der Waals surface area (Å²) in [6.07, 6.45) is -7.77. The van der Waals surface area contributed by atoms with Crippen molar-refractivity contribution in [2.75, 3.05) is 6.61 Å². The second-order valence-electron chi connectivity index (χ2n) is 6.22. The highest BCUT2D eigenvalue weighted by Gasteiger charge is 2.82. The van der Waals surface area contributed by atoms with Crippen LogP contribution in [0.25, 0.3) is 0 Å². The molecule has 3 saturated heterocycles. The molecule has 11 nitrogen and oxygen atoms in total. The molecule has 7 unspecified atom stereocenters. The van der Waals surface area contributed by atoms with Crippen molar-refractivity contribution in [3.63, 3.8) is 0 Å². The number of aliphatic imine (C=N–C) groups is 1. The van der Waals surface area contributed by atoms with E-state index in [1.54, 1.807) is 0 Å². The maximum absolute atomic E-state index is 10.6.